The number of rotatable bonds is 6. The summed E-state index contributed by atoms with van der Waals surface area (Å²) in [4.78, 5) is 14.3. The molecule has 3 rings (SSSR count). The van der Waals surface area contributed by atoms with Crippen LogP contribution in [0.3, 0.4) is 0 Å². The monoisotopic (exact) mass is 392 g/mol. The molecule has 1 aromatic carbocycles. The van der Waals surface area contributed by atoms with Crippen LogP contribution >= 0.6 is 11.6 Å². The van der Waals surface area contributed by atoms with E-state index in [4.69, 9.17) is 16.3 Å². The van der Waals surface area contributed by atoms with Crippen LogP contribution in [0.4, 0.5) is 5.69 Å². The Balaban J connectivity index is 1.53. The minimum absolute atomic E-state index is 0.119. The highest BCUT2D eigenvalue weighted by Gasteiger charge is 2.34. The number of aromatic nitrogens is 2. The van der Waals surface area contributed by atoms with E-state index in [0.717, 1.165) is 18.7 Å². The van der Waals surface area contributed by atoms with Crippen molar-refractivity contribution in [1.29, 1.82) is 0 Å². The molecule has 2 N–H and O–H groups in total. The Bertz CT molecular complexity index is 810. The normalized spacial score (nSPS) is 20.4. The summed E-state index contributed by atoms with van der Waals surface area (Å²) in [6, 6.07) is 7.10. The smallest absolute Gasteiger partial charge is 0.238 e. The van der Waals surface area contributed by atoms with E-state index in [1.807, 2.05) is 18.9 Å². The van der Waals surface area contributed by atoms with E-state index in [-0.39, 0.29) is 19.1 Å². The number of hydrogen-bond donors (Lipinski definition) is 2. The molecule has 0 spiro atoms. The SMILES string of the molecule is Cc1nn(C)cc1NC(=O)CN1CCCC(O)(COc2cccc(Cl)c2)C1. The Morgan fingerprint density at radius 2 is 2.30 bits per heavy atom. The maximum atomic E-state index is 12.4. The zero-order valence-corrected chi connectivity index (χ0v) is 16.4. The quantitative estimate of drug-likeness (QED) is 0.788. The van der Waals surface area contributed by atoms with E-state index >= 15 is 0 Å². The van der Waals surface area contributed by atoms with Gasteiger partial charge in [0.05, 0.1) is 17.9 Å². The molecule has 7 nitrogen and oxygen atoms in total. The third-order valence-corrected chi connectivity index (χ3v) is 4.83. The predicted molar refractivity (Wildman–Crippen MR) is 104 cm³/mol. The van der Waals surface area contributed by atoms with Gasteiger partial charge < -0.3 is 15.2 Å². The summed E-state index contributed by atoms with van der Waals surface area (Å²) >= 11 is 5.96. The highest BCUT2D eigenvalue weighted by molar-refractivity contribution is 6.30. The van der Waals surface area contributed by atoms with Crippen LogP contribution in [0.5, 0.6) is 5.75 Å². The highest BCUT2D eigenvalue weighted by atomic mass is 35.5. The molecule has 27 heavy (non-hydrogen) atoms. The van der Waals surface area contributed by atoms with E-state index in [1.165, 1.54) is 0 Å². The maximum absolute atomic E-state index is 12.4. The minimum atomic E-state index is -0.995. The number of ether oxygens (including phenoxy) is 1. The highest BCUT2D eigenvalue weighted by Crippen LogP contribution is 2.24. The minimum Gasteiger partial charge on any atom is -0.490 e. The van der Waals surface area contributed by atoms with Crippen LogP contribution in [-0.2, 0) is 11.8 Å². The topological polar surface area (TPSA) is 79.6 Å². The van der Waals surface area contributed by atoms with Crippen LogP contribution in [0, 0.1) is 6.92 Å². The first-order valence-corrected chi connectivity index (χ1v) is 9.34. The molecule has 0 aliphatic carbocycles. The predicted octanol–water partition coefficient (Wildman–Crippen LogP) is 2.23. The zero-order valence-electron chi connectivity index (χ0n) is 15.6. The van der Waals surface area contributed by atoms with E-state index in [0.29, 0.717) is 29.4 Å². The molecule has 8 heteroatoms. The molecule has 0 bridgehead atoms. The Labute approximate surface area is 163 Å². The summed E-state index contributed by atoms with van der Waals surface area (Å²) in [7, 11) is 1.81. The number of aliphatic hydroxyl groups is 1. The lowest BCUT2D eigenvalue weighted by Gasteiger charge is -2.38. The Hall–Kier alpha value is -2.09. The van der Waals surface area contributed by atoms with Crippen LogP contribution in [0.2, 0.25) is 5.02 Å². The van der Waals surface area contributed by atoms with Crippen molar-refractivity contribution in [3.05, 3.63) is 41.2 Å². The van der Waals surface area contributed by atoms with Gasteiger partial charge in [0, 0.05) is 24.8 Å². The van der Waals surface area contributed by atoms with Gasteiger partial charge in [-0.1, -0.05) is 17.7 Å². The average Bonchev–Trinajstić information content (AvgIpc) is 2.90. The Morgan fingerprint density at radius 1 is 1.48 bits per heavy atom. The number of carbonyl (C=O) groups excluding carboxylic acids is 1. The number of carbonyl (C=O) groups is 1. The Kier molecular flexibility index (Phi) is 6.04. The largest absolute Gasteiger partial charge is 0.490 e. The van der Waals surface area contributed by atoms with Crippen LogP contribution in [0.1, 0.15) is 18.5 Å². The first kappa shape index (κ1) is 19.7. The average molecular weight is 393 g/mol. The number of nitrogens with zero attached hydrogens (tertiary/aromatic N) is 3. The van der Waals surface area contributed by atoms with Gasteiger partial charge in [-0.15, -0.1) is 0 Å². The van der Waals surface area contributed by atoms with E-state index < -0.39 is 5.60 Å². The second-order valence-electron chi connectivity index (χ2n) is 7.13. The third kappa shape index (κ3) is 5.45. The molecular formula is C19H25ClN4O3. The summed E-state index contributed by atoms with van der Waals surface area (Å²) in [5, 5.41) is 18.6. The van der Waals surface area contributed by atoms with Crippen molar-refractivity contribution in [3.8, 4) is 5.75 Å². The van der Waals surface area contributed by atoms with Crippen LogP contribution < -0.4 is 10.1 Å². The molecule has 1 aliphatic rings. The van der Waals surface area contributed by atoms with E-state index in [9.17, 15) is 9.90 Å². The molecule has 0 saturated carbocycles. The van der Waals surface area contributed by atoms with Gasteiger partial charge in [-0.2, -0.15) is 5.10 Å². The maximum Gasteiger partial charge on any atom is 0.238 e. The van der Waals surface area contributed by atoms with Gasteiger partial charge >= 0.3 is 0 Å². The number of β-amino-alcohol motifs (C(OH)–C–C–N with tert-alkyl or cyclic N) is 1. The molecule has 2 heterocycles. The molecule has 1 aromatic heterocycles. The summed E-state index contributed by atoms with van der Waals surface area (Å²) in [6.07, 6.45) is 3.21. The molecule has 0 radical (unpaired) electrons. The Morgan fingerprint density at radius 3 is 3.00 bits per heavy atom. The number of likely N-dealkylation sites (tertiary alicyclic amines) is 1. The standard InChI is InChI=1S/C19H25ClN4O3/c1-14-17(10-23(2)22-14)21-18(25)11-24-8-4-7-19(26,12-24)13-27-16-6-3-5-15(20)9-16/h3,5-6,9-10,26H,4,7-8,11-13H2,1-2H3,(H,21,25). The van der Waals surface area contributed by atoms with Gasteiger partial charge in [0.25, 0.3) is 0 Å². The number of nitrogens with one attached hydrogen (secondary N) is 1. The van der Waals surface area contributed by atoms with E-state index in [1.54, 1.807) is 35.1 Å². The van der Waals surface area contributed by atoms with Crippen molar-refractivity contribution in [1.82, 2.24) is 14.7 Å². The summed E-state index contributed by atoms with van der Waals surface area (Å²) in [5.74, 6) is 0.504. The first-order chi connectivity index (χ1) is 12.8. The van der Waals surface area contributed by atoms with Crippen LogP contribution in [-0.4, -0.2) is 57.5 Å². The molecule has 1 amide bonds. The molecule has 1 saturated heterocycles. The molecule has 1 unspecified atom stereocenters. The summed E-state index contributed by atoms with van der Waals surface area (Å²) < 4.78 is 7.39. The molecule has 1 aliphatic heterocycles. The fourth-order valence-electron chi connectivity index (χ4n) is 3.35. The molecule has 1 atom stereocenters. The van der Waals surface area contributed by atoms with Gasteiger partial charge in [-0.25, -0.2) is 0 Å². The second kappa shape index (κ2) is 8.29. The fraction of sp³-hybridized carbons (Fsp3) is 0.474. The number of halogens is 1. The number of anilines is 1. The number of aryl methyl sites for hydroxylation is 2. The summed E-state index contributed by atoms with van der Waals surface area (Å²) in [5.41, 5.74) is 0.486. The van der Waals surface area contributed by atoms with Crippen molar-refractivity contribution in [3.63, 3.8) is 0 Å². The molecule has 2 aromatic rings. The first-order valence-electron chi connectivity index (χ1n) is 8.96. The van der Waals surface area contributed by atoms with Crippen molar-refractivity contribution >= 4 is 23.2 Å². The lowest BCUT2D eigenvalue weighted by Crippen LogP contribution is -2.53. The van der Waals surface area contributed by atoms with Crippen molar-refractivity contribution < 1.29 is 14.6 Å². The van der Waals surface area contributed by atoms with Crippen molar-refractivity contribution in [2.45, 2.75) is 25.4 Å². The number of hydrogen-bond acceptors (Lipinski definition) is 5. The number of piperidine rings is 1. The summed E-state index contributed by atoms with van der Waals surface area (Å²) in [6.45, 7) is 3.37. The van der Waals surface area contributed by atoms with Crippen LogP contribution in [0.15, 0.2) is 30.5 Å². The van der Waals surface area contributed by atoms with Gasteiger partial charge in [0.1, 0.15) is 18.0 Å². The number of benzene rings is 1. The fourth-order valence-corrected chi connectivity index (χ4v) is 3.53. The van der Waals surface area contributed by atoms with E-state index in [2.05, 4.69) is 10.4 Å². The van der Waals surface area contributed by atoms with Crippen molar-refractivity contribution in [2.75, 3.05) is 31.6 Å². The number of amides is 1. The van der Waals surface area contributed by atoms with Gasteiger partial charge in [0.2, 0.25) is 5.91 Å². The van der Waals surface area contributed by atoms with Crippen LogP contribution in [0.25, 0.3) is 0 Å². The lowest BCUT2D eigenvalue weighted by atomic mass is 9.93. The van der Waals surface area contributed by atoms with Gasteiger partial charge in [-0.05, 0) is 44.5 Å². The molecule has 146 valence electrons. The third-order valence-electron chi connectivity index (χ3n) is 4.59. The molecular weight excluding hydrogens is 368 g/mol. The lowest BCUT2D eigenvalue weighted by molar-refractivity contribution is -0.119. The van der Waals surface area contributed by atoms with Gasteiger partial charge in [0.15, 0.2) is 0 Å². The van der Waals surface area contributed by atoms with Gasteiger partial charge in [-0.3, -0.25) is 14.4 Å². The molecule has 1 fully saturated rings. The second-order valence-corrected chi connectivity index (χ2v) is 7.57. The zero-order chi connectivity index (χ0) is 19.4. The van der Waals surface area contributed by atoms with Crippen molar-refractivity contribution in [2.24, 2.45) is 7.05 Å².